The van der Waals surface area contributed by atoms with Gasteiger partial charge in [-0.1, -0.05) is 29.3 Å². The lowest BCUT2D eigenvalue weighted by molar-refractivity contribution is 0.479. The average molecular weight is 375 g/mol. The standard InChI is InChI=1S/C15H14BrCl2NO/c1-9(19-2)10-3-6-15(12(16)7-10)20-11-4-5-13(17)14(18)8-11/h3-9,19H,1-2H3. The molecule has 1 unspecified atom stereocenters. The summed E-state index contributed by atoms with van der Waals surface area (Å²) in [5, 5.41) is 4.18. The second kappa shape index (κ2) is 6.81. The molecule has 0 aliphatic heterocycles. The molecule has 0 heterocycles. The van der Waals surface area contributed by atoms with Crippen LogP contribution in [0.1, 0.15) is 18.5 Å². The maximum absolute atomic E-state index is 5.97. The molecule has 0 radical (unpaired) electrons. The predicted octanol–water partition coefficient (Wildman–Crippen LogP) is 5.83. The minimum Gasteiger partial charge on any atom is -0.456 e. The number of ether oxygens (including phenoxy) is 1. The molecule has 0 aromatic heterocycles. The second-order valence-corrected chi connectivity index (χ2v) is 6.05. The normalized spacial score (nSPS) is 12.2. The van der Waals surface area contributed by atoms with E-state index in [1.807, 2.05) is 25.2 Å². The largest absolute Gasteiger partial charge is 0.456 e. The summed E-state index contributed by atoms with van der Waals surface area (Å²) in [5.41, 5.74) is 1.18. The highest BCUT2D eigenvalue weighted by Gasteiger charge is 2.08. The molecular weight excluding hydrogens is 361 g/mol. The van der Waals surface area contributed by atoms with Crippen molar-refractivity contribution < 1.29 is 4.74 Å². The number of rotatable bonds is 4. The van der Waals surface area contributed by atoms with Crippen LogP contribution in [0.2, 0.25) is 10.0 Å². The van der Waals surface area contributed by atoms with Gasteiger partial charge in [-0.3, -0.25) is 0 Å². The molecule has 0 saturated heterocycles. The van der Waals surface area contributed by atoms with Crippen molar-refractivity contribution in [1.82, 2.24) is 5.32 Å². The highest BCUT2D eigenvalue weighted by atomic mass is 79.9. The second-order valence-electron chi connectivity index (χ2n) is 4.38. The Labute approximate surface area is 137 Å². The smallest absolute Gasteiger partial charge is 0.141 e. The third-order valence-electron chi connectivity index (χ3n) is 3.01. The quantitative estimate of drug-likeness (QED) is 0.726. The molecule has 20 heavy (non-hydrogen) atoms. The molecule has 0 spiro atoms. The van der Waals surface area contributed by atoms with E-state index >= 15 is 0 Å². The monoisotopic (exact) mass is 373 g/mol. The van der Waals surface area contributed by atoms with Gasteiger partial charge in [0.1, 0.15) is 11.5 Å². The molecule has 0 amide bonds. The number of halogens is 3. The van der Waals surface area contributed by atoms with Crippen LogP contribution in [0.4, 0.5) is 0 Å². The Morgan fingerprint density at radius 3 is 2.45 bits per heavy atom. The fourth-order valence-electron chi connectivity index (χ4n) is 1.70. The predicted molar refractivity (Wildman–Crippen MR) is 88.2 cm³/mol. The molecule has 106 valence electrons. The SMILES string of the molecule is CNC(C)c1ccc(Oc2ccc(Cl)c(Cl)c2)c(Br)c1. The van der Waals surface area contributed by atoms with Crippen molar-refractivity contribution in [3.05, 3.63) is 56.5 Å². The van der Waals surface area contributed by atoms with Crippen LogP contribution in [0.5, 0.6) is 11.5 Å². The third-order valence-corrected chi connectivity index (χ3v) is 4.37. The van der Waals surface area contributed by atoms with Gasteiger partial charge in [0.25, 0.3) is 0 Å². The molecule has 0 fully saturated rings. The van der Waals surface area contributed by atoms with Crippen LogP contribution in [-0.2, 0) is 0 Å². The number of hydrogen-bond acceptors (Lipinski definition) is 2. The van der Waals surface area contributed by atoms with E-state index in [0.717, 1.165) is 10.2 Å². The van der Waals surface area contributed by atoms with E-state index in [0.29, 0.717) is 15.8 Å². The molecule has 1 atom stereocenters. The van der Waals surface area contributed by atoms with Crippen molar-refractivity contribution in [1.29, 1.82) is 0 Å². The molecule has 2 aromatic carbocycles. The van der Waals surface area contributed by atoms with Crippen molar-refractivity contribution in [2.45, 2.75) is 13.0 Å². The lowest BCUT2D eigenvalue weighted by Gasteiger charge is -2.13. The zero-order valence-electron chi connectivity index (χ0n) is 11.1. The number of benzene rings is 2. The Hall–Kier alpha value is -0.740. The molecule has 5 heteroatoms. The molecule has 0 saturated carbocycles. The topological polar surface area (TPSA) is 21.3 Å². The summed E-state index contributed by atoms with van der Waals surface area (Å²) in [6, 6.07) is 11.5. The molecule has 0 aliphatic carbocycles. The lowest BCUT2D eigenvalue weighted by atomic mass is 10.1. The first-order valence-electron chi connectivity index (χ1n) is 6.11. The van der Waals surface area contributed by atoms with Crippen molar-refractivity contribution >= 4 is 39.1 Å². The van der Waals surface area contributed by atoms with Gasteiger partial charge >= 0.3 is 0 Å². The van der Waals surface area contributed by atoms with E-state index in [1.165, 1.54) is 5.56 Å². The zero-order valence-corrected chi connectivity index (χ0v) is 14.2. The Kier molecular flexibility index (Phi) is 5.33. The summed E-state index contributed by atoms with van der Waals surface area (Å²) in [6.45, 7) is 2.10. The maximum Gasteiger partial charge on any atom is 0.141 e. The minimum atomic E-state index is 0.283. The van der Waals surface area contributed by atoms with Gasteiger partial charge in [0.15, 0.2) is 0 Å². The van der Waals surface area contributed by atoms with Crippen molar-refractivity contribution in [2.24, 2.45) is 0 Å². The average Bonchev–Trinajstić information content (AvgIpc) is 2.44. The summed E-state index contributed by atoms with van der Waals surface area (Å²) in [6.07, 6.45) is 0. The summed E-state index contributed by atoms with van der Waals surface area (Å²) in [5.74, 6) is 1.38. The van der Waals surface area contributed by atoms with Crippen LogP contribution in [0.25, 0.3) is 0 Å². The van der Waals surface area contributed by atoms with Gasteiger partial charge in [0.2, 0.25) is 0 Å². The zero-order chi connectivity index (χ0) is 14.7. The Morgan fingerprint density at radius 2 is 1.85 bits per heavy atom. The Balaban J connectivity index is 2.23. The van der Waals surface area contributed by atoms with Crippen LogP contribution in [-0.4, -0.2) is 7.05 Å². The van der Waals surface area contributed by atoms with Gasteiger partial charge < -0.3 is 10.1 Å². The molecule has 1 N–H and O–H groups in total. The van der Waals surface area contributed by atoms with Gasteiger partial charge in [-0.25, -0.2) is 0 Å². The van der Waals surface area contributed by atoms with Gasteiger partial charge in [-0.2, -0.15) is 0 Å². The Bertz CT molecular complexity index is 619. The first-order valence-corrected chi connectivity index (χ1v) is 7.65. The van der Waals surface area contributed by atoms with Crippen LogP contribution < -0.4 is 10.1 Å². The Morgan fingerprint density at radius 1 is 1.10 bits per heavy atom. The summed E-state index contributed by atoms with van der Waals surface area (Å²) in [7, 11) is 1.93. The van der Waals surface area contributed by atoms with E-state index < -0.39 is 0 Å². The highest BCUT2D eigenvalue weighted by molar-refractivity contribution is 9.10. The van der Waals surface area contributed by atoms with E-state index in [2.05, 4.69) is 28.2 Å². The van der Waals surface area contributed by atoms with E-state index in [-0.39, 0.29) is 6.04 Å². The van der Waals surface area contributed by atoms with Crippen LogP contribution in [0, 0.1) is 0 Å². The van der Waals surface area contributed by atoms with Crippen molar-refractivity contribution in [3.63, 3.8) is 0 Å². The fourth-order valence-corrected chi connectivity index (χ4v) is 2.47. The van der Waals surface area contributed by atoms with Crippen molar-refractivity contribution in [2.75, 3.05) is 7.05 Å². The molecule has 2 nitrogen and oxygen atoms in total. The molecule has 0 aliphatic rings. The summed E-state index contributed by atoms with van der Waals surface area (Å²) in [4.78, 5) is 0. The maximum atomic E-state index is 5.97. The van der Waals surface area contributed by atoms with Crippen LogP contribution in [0.3, 0.4) is 0 Å². The van der Waals surface area contributed by atoms with Crippen LogP contribution >= 0.6 is 39.1 Å². The van der Waals surface area contributed by atoms with Crippen molar-refractivity contribution in [3.8, 4) is 11.5 Å². The lowest BCUT2D eigenvalue weighted by Crippen LogP contribution is -2.12. The molecular formula is C15H14BrCl2NO. The highest BCUT2D eigenvalue weighted by Crippen LogP contribution is 2.34. The van der Waals surface area contributed by atoms with Crippen LogP contribution in [0.15, 0.2) is 40.9 Å². The molecule has 0 bridgehead atoms. The van der Waals surface area contributed by atoms with Gasteiger partial charge in [-0.15, -0.1) is 0 Å². The summed E-state index contributed by atoms with van der Waals surface area (Å²) < 4.78 is 6.69. The van der Waals surface area contributed by atoms with Gasteiger partial charge in [0.05, 0.1) is 14.5 Å². The van der Waals surface area contributed by atoms with Gasteiger partial charge in [0, 0.05) is 12.1 Å². The van der Waals surface area contributed by atoms with E-state index in [4.69, 9.17) is 27.9 Å². The third kappa shape index (κ3) is 3.67. The molecule has 2 aromatic rings. The number of hydrogen-bond donors (Lipinski definition) is 1. The fraction of sp³-hybridized carbons (Fsp3) is 0.200. The van der Waals surface area contributed by atoms with E-state index in [1.54, 1.807) is 18.2 Å². The van der Waals surface area contributed by atoms with E-state index in [9.17, 15) is 0 Å². The molecule has 2 rings (SSSR count). The van der Waals surface area contributed by atoms with Gasteiger partial charge in [-0.05, 0) is 59.7 Å². The summed E-state index contributed by atoms with van der Waals surface area (Å²) >= 11 is 15.4. The first kappa shape index (κ1) is 15.6. The minimum absolute atomic E-state index is 0.283. The number of nitrogens with one attached hydrogen (secondary N) is 1. The first-order chi connectivity index (χ1) is 9.51.